The van der Waals surface area contributed by atoms with Crippen LogP contribution in [0.2, 0.25) is 0 Å². The molecular weight excluding hydrogens is 392 g/mol. The number of aromatic nitrogens is 3. The molecule has 0 unspecified atom stereocenters. The van der Waals surface area contributed by atoms with Gasteiger partial charge in [-0.1, -0.05) is 12.8 Å². The lowest BCUT2D eigenvalue weighted by Gasteiger charge is -2.27. The number of amides is 1. The van der Waals surface area contributed by atoms with E-state index in [1.54, 1.807) is 12.3 Å². The fourth-order valence-corrected chi connectivity index (χ4v) is 4.08. The Kier molecular flexibility index (Phi) is 6.20. The molecule has 0 aliphatic heterocycles. The largest absolute Gasteiger partial charge is 0.394 e. The average molecular weight is 423 g/mol. The van der Waals surface area contributed by atoms with Crippen LogP contribution in [0, 0.1) is 0 Å². The van der Waals surface area contributed by atoms with Crippen LogP contribution in [-0.4, -0.2) is 70.2 Å². The van der Waals surface area contributed by atoms with E-state index in [9.17, 15) is 9.90 Å². The summed E-state index contributed by atoms with van der Waals surface area (Å²) in [7, 11) is 4.10. The Bertz CT molecular complexity index is 1040. The summed E-state index contributed by atoms with van der Waals surface area (Å²) in [5, 5.41) is 16.3. The molecule has 0 atom stereocenters. The summed E-state index contributed by atoms with van der Waals surface area (Å²) < 4.78 is 0. The number of imidazole rings is 1. The number of nitrogens with zero attached hydrogens (tertiary/aromatic N) is 3. The molecule has 4 rings (SSSR count). The van der Waals surface area contributed by atoms with Crippen LogP contribution in [0.5, 0.6) is 0 Å². The van der Waals surface area contributed by atoms with Gasteiger partial charge in [-0.3, -0.25) is 4.79 Å². The Morgan fingerprint density at radius 2 is 1.94 bits per heavy atom. The second-order valence-electron chi connectivity index (χ2n) is 8.55. The number of hydrogen-bond donors (Lipinski definition) is 4. The lowest BCUT2D eigenvalue weighted by molar-refractivity contribution is 0.0840. The molecule has 1 fully saturated rings. The molecule has 8 heteroatoms. The van der Waals surface area contributed by atoms with Crippen LogP contribution in [-0.2, 0) is 0 Å². The summed E-state index contributed by atoms with van der Waals surface area (Å²) in [6, 6.07) is 9.71. The first-order valence-corrected chi connectivity index (χ1v) is 10.8. The zero-order chi connectivity index (χ0) is 21.8. The highest BCUT2D eigenvalue weighted by atomic mass is 16.3. The van der Waals surface area contributed by atoms with Gasteiger partial charge in [0, 0.05) is 30.5 Å². The van der Waals surface area contributed by atoms with E-state index in [2.05, 4.69) is 30.5 Å². The summed E-state index contributed by atoms with van der Waals surface area (Å²) in [6.07, 6.45) is 5.23. The van der Waals surface area contributed by atoms with Crippen LogP contribution >= 0.6 is 0 Å². The summed E-state index contributed by atoms with van der Waals surface area (Å²) >= 11 is 0. The number of aliphatic hydroxyl groups is 1. The predicted molar refractivity (Wildman–Crippen MR) is 122 cm³/mol. The number of aliphatic hydroxyl groups excluding tert-OH is 1. The van der Waals surface area contributed by atoms with Gasteiger partial charge in [-0.2, -0.15) is 0 Å². The van der Waals surface area contributed by atoms with Crippen molar-refractivity contribution in [2.45, 2.75) is 31.2 Å². The number of carbonyl (C=O) groups is 1. The number of hydrogen-bond acceptors (Lipinski definition) is 6. The number of likely N-dealkylation sites (N-methyl/N-ethyl adjacent to an activating group) is 1. The first-order valence-electron chi connectivity index (χ1n) is 10.8. The lowest BCUT2D eigenvalue weighted by atomic mass is 9.98. The minimum atomic E-state index is -0.527. The van der Waals surface area contributed by atoms with Crippen LogP contribution in [0.4, 0.5) is 5.69 Å². The molecule has 4 N–H and O–H groups in total. The molecule has 164 valence electrons. The van der Waals surface area contributed by atoms with E-state index >= 15 is 0 Å². The van der Waals surface area contributed by atoms with Gasteiger partial charge < -0.3 is 25.6 Å². The topological polar surface area (TPSA) is 106 Å². The van der Waals surface area contributed by atoms with Crippen molar-refractivity contribution < 1.29 is 9.90 Å². The summed E-state index contributed by atoms with van der Waals surface area (Å²) in [6.45, 7) is 1.78. The third-order valence-electron chi connectivity index (χ3n) is 5.92. The summed E-state index contributed by atoms with van der Waals surface area (Å²) in [4.78, 5) is 27.4. The Morgan fingerprint density at radius 1 is 1.19 bits per heavy atom. The van der Waals surface area contributed by atoms with Gasteiger partial charge in [-0.25, -0.2) is 9.97 Å². The Morgan fingerprint density at radius 3 is 2.61 bits per heavy atom. The van der Waals surface area contributed by atoms with E-state index in [1.807, 2.05) is 38.4 Å². The van der Waals surface area contributed by atoms with Crippen molar-refractivity contribution in [3.63, 3.8) is 0 Å². The molecule has 1 aliphatic carbocycles. The maximum atomic E-state index is 13.0. The van der Waals surface area contributed by atoms with E-state index in [4.69, 9.17) is 0 Å². The number of benzene rings is 1. The normalized spacial score (nSPS) is 15.5. The minimum absolute atomic E-state index is 0.0479. The van der Waals surface area contributed by atoms with E-state index in [-0.39, 0.29) is 12.5 Å². The molecule has 0 bridgehead atoms. The van der Waals surface area contributed by atoms with E-state index < -0.39 is 5.54 Å². The Hall–Kier alpha value is -2.97. The third kappa shape index (κ3) is 4.70. The second-order valence-corrected chi connectivity index (χ2v) is 8.55. The van der Waals surface area contributed by atoms with Crippen LogP contribution in [0.15, 0.2) is 36.5 Å². The Labute approximate surface area is 182 Å². The second kappa shape index (κ2) is 9.03. The predicted octanol–water partition coefficient (Wildman–Crippen LogP) is 2.63. The smallest absolute Gasteiger partial charge is 0.254 e. The third-order valence-corrected chi connectivity index (χ3v) is 5.92. The van der Waals surface area contributed by atoms with Crippen LogP contribution in [0.3, 0.4) is 0 Å². The zero-order valence-corrected chi connectivity index (χ0v) is 18.1. The number of carbonyl (C=O) groups excluding carboxylic acids is 1. The highest BCUT2D eigenvalue weighted by molar-refractivity contribution is 6.04. The SMILES string of the molecule is CN(C)CCNc1ccc(-c2nc3c(C(=O)NC4(CO)CCCC4)ccnc3[nH]2)cc1. The molecule has 2 heterocycles. The van der Waals surface area contributed by atoms with Gasteiger partial charge in [0.2, 0.25) is 0 Å². The van der Waals surface area contributed by atoms with E-state index in [0.29, 0.717) is 22.6 Å². The molecule has 0 saturated heterocycles. The summed E-state index contributed by atoms with van der Waals surface area (Å²) in [5.41, 5.74) is 3.01. The highest BCUT2D eigenvalue weighted by Crippen LogP contribution is 2.30. The molecule has 1 aliphatic rings. The molecule has 0 radical (unpaired) electrons. The average Bonchev–Trinajstić information content (AvgIpc) is 3.41. The number of rotatable bonds is 8. The van der Waals surface area contributed by atoms with Gasteiger partial charge >= 0.3 is 0 Å². The van der Waals surface area contributed by atoms with Crippen molar-refractivity contribution in [3.05, 3.63) is 42.1 Å². The highest BCUT2D eigenvalue weighted by Gasteiger charge is 2.35. The van der Waals surface area contributed by atoms with Gasteiger partial charge in [-0.15, -0.1) is 0 Å². The Balaban J connectivity index is 1.54. The van der Waals surface area contributed by atoms with Gasteiger partial charge in [0.1, 0.15) is 11.3 Å². The van der Waals surface area contributed by atoms with Crippen molar-refractivity contribution in [2.24, 2.45) is 0 Å². The molecule has 3 aromatic rings. The molecule has 8 nitrogen and oxygen atoms in total. The first-order chi connectivity index (χ1) is 15.0. The minimum Gasteiger partial charge on any atom is -0.394 e. The molecule has 1 aromatic carbocycles. The fraction of sp³-hybridized carbons (Fsp3) is 0.435. The first kappa shape index (κ1) is 21.3. The molecule has 0 spiro atoms. The van der Waals surface area contributed by atoms with Gasteiger partial charge in [0.15, 0.2) is 5.65 Å². The maximum Gasteiger partial charge on any atom is 0.254 e. The van der Waals surface area contributed by atoms with E-state index in [1.165, 1.54) is 0 Å². The van der Waals surface area contributed by atoms with Gasteiger partial charge in [0.05, 0.1) is 17.7 Å². The van der Waals surface area contributed by atoms with Crippen molar-refractivity contribution in [2.75, 3.05) is 39.1 Å². The van der Waals surface area contributed by atoms with Crippen molar-refractivity contribution in [1.82, 2.24) is 25.2 Å². The number of aromatic amines is 1. The van der Waals surface area contributed by atoms with Gasteiger partial charge in [-0.05, 0) is 57.3 Å². The molecule has 1 amide bonds. The van der Waals surface area contributed by atoms with Crippen LogP contribution in [0.1, 0.15) is 36.0 Å². The van der Waals surface area contributed by atoms with E-state index in [0.717, 1.165) is 50.0 Å². The molecule has 1 saturated carbocycles. The molecular formula is C23H30N6O2. The van der Waals surface area contributed by atoms with Crippen LogP contribution in [0.25, 0.3) is 22.6 Å². The molecule has 31 heavy (non-hydrogen) atoms. The van der Waals surface area contributed by atoms with Crippen LogP contribution < -0.4 is 10.6 Å². The molecule has 2 aromatic heterocycles. The number of nitrogens with one attached hydrogen (secondary N) is 3. The van der Waals surface area contributed by atoms with Crippen molar-refractivity contribution in [1.29, 1.82) is 0 Å². The zero-order valence-electron chi connectivity index (χ0n) is 18.1. The number of anilines is 1. The lowest BCUT2D eigenvalue weighted by Crippen LogP contribution is -2.49. The standard InChI is InChI=1S/C23H30N6O2/c1-29(2)14-13-24-17-7-5-16(6-8-17)20-26-19-18(9-12-25-21(19)27-20)22(31)28-23(15-30)10-3-4-11-23/h5-9,12,24,30H,3-4,10-11,13-15H2,1-2H3,(H,28,31)(H,25,26,27). The number of fused-ring (bicyclic) bond motifs is 1. The van der Waals surface area contributed by atoms with Crippen molar-refractivity contribution in [3.8, 4) is 11.4 Å². The quantitative estimate of drug-likeness (QED) is 0.445. The van der Waals surface area contributed by atoms with Crippen molar-refractivity contribution >= 4 is 22.8 Å². The maximum absolute atomic E-state index is 13.0. The number of pyridine rings is 1. The number of H-pyrrole nitrogens is 1. The monoisotopic (exact) mass is 422 g/mol. The van der Waals surface area contributed by atoms with Gasteiger partial charge in [0.25, 0.3) is 5.91 Å². The fourth-order valence-electron chi connectivity index (χ4n) is 4.08. The summed E-state index contributed by atoms with van der Waals surface area (Å²) in [5.74, 6) is 0.446.